The molecular formula is C24H22FNO2S. The molecule has 0 bridgehead atoms. The lowest BCUT2D eigenvalue weighted by Crippen LogP contribution is -2.44. The number of halogens is 1. The molecule has 0 aromatic heterocycles. The van der Waals surface area contributed by atoms with Crippen LogP contribution in [-0.2, 0) is 10.7 Å². The topological polar surface area (TPSA) is 37.4 Å². The van der Waals surface area contributed by atoms with Crippen LogP contribution in [0.15, 0.2) is 90.5 Å². The number of benzene rings is 3. The smallest absolute Gasteiger partial charge is 0.144 e. The highest BCUT2D eigenvalue weighted by Gasteiger charge is 2.32. The predicted molar refractivity (Wildman–Crippen MR) is 115 cm³/mol. The van der Waals surface area contributed by atoms with Crippen LogP contribution in [0.3, 0.4) is 0 Å². The molecule has 3 aromatic rings. The van der Waals surface area contributed by atoms with Crippen molar-refractivity contribution in [2.75, 3.05) is 18.8 Å². The summed E-state index contributed by atoms with van der Waals surface area (Å²) in [7, 11) is -2.59. The third kappa shape index (κ3) is 4.47. The second-order valence-electron chi connectivity index (χ2n) is 7.21. The minimum Gasteiger partial charge on any atom is -0.284 e. The van der Waals surface area contributed by atoms with Gasteiger partial charge in [-0.3, -0.25) is 4.90 Å². The van der Waals surface area contributed by atoms with Crippen LogP contribution in [0.1, 0.15) is 22.7 Å². The van der Waals surface area contributed by atoms with Gasteiger partial charge in [-0.15, -0.1) is 0 Å². The lowest BCUT2D eigenvalue weighted by atomic mass is 9.90. The van der Waals surface area contributed by atoms with Crippen molar-refractivity contribution in [2.45, 2.75) is 6.04 Å². The average molecular weight is 408 g/mol. The van der Waals surface area contributed by atoms with Crippen LogP contribution < -0.4 is 0 Å². The van der Waals surface area contributed by atoms with Crippen LogP contribution in [0.2, 0.25) is 0 Å². The Morgan fingerprint density at radius 3 is 1.97 bits per heavy atom. The van der Waals surface area contributed by atoms with Crippen LogP contribution in [0, 0.1) is 5.82 Å². The lowest BCUT2D eigenvalue weighted by molar-refractivity contribution is 0.202. The fraction of sp³-hybridized carbons (Fsp3) is 0.167. The summed E-state index contributed by atoms with van der Waals surface area (Å²) in [6, 6.07) is 26.8. The highest BCUT2D eigenvalue weighted by atomic mass is 32.2. The standard InChI is InChI=1S/C24H22FNO2S/c25-22-13-7-12-20(14-22)23(17-29(27)28)21-15-26(16-21)24(18-8-3-1-4-9-18)19-10-5-2-6-11-19/h1-14,24,29H,15-17H2. The maximum absolute atomic E-state index is 13.7. The second kappa shape index (κ2) is 8.72. The van der Waals surface area contributed by atoms with Gasteiger partial charge in [-0.1, -0.05) is 72.8 Å². The summed E-state index contributed by atoms with van der Waals surface area (Å²) in [6.45, 7) is 1.31. The highest BCUT2D eigenvalue weighted by molar-refractivity contribution is 7.72. The molecule has 0 radical (unpaired) electrons. The van der Waals surface area contributed by atoms with E-state index in [1.165, 1.54) is 23.3 Å². The van der Waals surface area contributed by atoms with Crippen LogP contribution in [-0.4, -0.2) is 32.2 Å². The van der Waals surface area contributed by atoms with Gasteiger partial charge in [0.15, 0.2) is 0 Å². The van der Waals surface area contributed by atoms with E-state index in [9.17, 15) is 12.8 Å². The molecule has 4 rings (SSSR count). The lowest BCUT2D eigenvalue weighted by Gasteiger charge is -2.42. The number of nitrogens with zero attached hydrogens (tertiary/aromatic N) is 1. The first-order valence-corrected chi connectivity index (χ1v) is 10.9. The molecule has 1 fully saturated rings. The van der Waals surface area contributed by atoms with Gasteiger partial charge in [0.05, 0.1) is 11.8 Å². The van der Waals surface area contributed by atoms with E-state index < -0.39 is 10.7 Å². The van der Waals surface area contributed by atoms with Crippen molar-refractivity contribution in [1.82, 2.24) is 4.90 Å². The molecular weight excluding hydrogens is 385 g/mol. The first kappa shape index (κ1) is 19.6. The van der Waals surface area contributed by atoms with Crippen molar-refractivity contribution in [3.63, 3.8) is 0 Å². The maximum Gasteiger partial charge on any atom is 0.144 e. The molecule has 0 aliphatic carbocycles. The third-order valence-corrected chi connectivity index (χ3v) is 5.85. The Balaban J connectivity index is 1.67. The number of hydrogen-bond acceptors (Lipinski definition) is 3. The summed E-state index contributed by atoms with van der Waals surface area (Å²) in [5.41, 5.74) is 4.80. The van der Waals surface area contributed by atoms with Gasteiger partial charge in [-0.05, 0) is 40.0 Å². The molecule has 0 atom stereocenters. The first-order chi connectivity index (χ1) is 14.1. The van der Waals surface area contributed by atoms with Gasteiger partial charge in [-0.25, -0.2) is 12.8 Å². The summed E-state index contributed by atoms with van der Waals surface area (Å²) in [4.78, 5) is 2.32. The zero-order valence-corrected chi connectivity index (χ0v) is 16.8. The predicted octanol–water partition coefficient (Wildman–Crippen LogP) is 4.30. The molecule has 0 N–H and O–H groups in total. The SMILES string of the molecule is O=[SH](=O)CC(=C1CN(C(c2ccccc2)c2ccccc2)C1)c1cccc(F)c1. The molecule has 1 aliphatic rings. The Morgan fingerprint density at radius 1 is 0.862 bits per heavy atom. The summed E-state index contributed by atoms with van der Waals surface area (Å²) >= 11 is 0. The molecule has 0 spiro atoms. The first-order valence-electron chi connectivity index (χ1n) is 9.54. The molecule has 1 saturated heterocycles. The zero-order valence-electron chi connectivity index (χ0n) is 15.9. The molecule has 3 nitrogen and oxygen atoms in total. The fourth-order valence-electron chi connectivity index (χ4n) is 3.91. The molecule has 1 heterocycles. The van der Waals surface area contributed by atoms with E-state index in [1.807, 2.05) is 36.4 Å². The van der Waals surface area contributed by atoms with Gasteiger partial charge < -0.3 is 0 Å². The van der Waals surface area contributed by atoms with Gasteiger partial charge in [0.2, 0.25) is 0 Å². The van der Waals surface area contributed by atoms with E-state index in [2.05, 4.69) is 29.2 Å². The van der Waals surface area contributed by atoms with Gasteiger partial charge in [0, 0.05) is 13.1 Å². The van der Waals surface area contributed by atoms with Crippen molar-refractivity contribution >= 4 is 16.3 Å². The Hall–Kier alpha value is -2.76. The second-order valence-corrected chi connectivity index (χ2v) is 8.19. The van der Waals surface area contributed by atoms with Gasteiger partial charge >= 0.3 is 0 Å². The number of hydrogen-bond donors (Lipinski definition) is 1. The summed E-state index contributed by atoms with van der Waals surface area (Å²) in [5.74, 6) is -0.423. The molecule has 29 heavy (non-hydrogen) atoms. The molecule has 3 aromatic carbocycles. The third-order valence-electron chi connectivity index (χ3n) is 5.27. The highest BCUT2D eigenvalue weighted by Crippen LogP contribution is 2.36. The largest absolute Gasteiger partial charge is 0.284 e. The Kier molecular flexibility index (Phi) is 5.88. The van der Waals surface area contributed by atoms with Gasteiger partial charge in [-0.2, -0.15) is 0 Å². The van der Waals surface area contributed by atoms with Gasteiger partial charge in [0.1, 0.15) is 16.5 Å². The van der Waals surface area contributed by atoms with Crippen molar-refractivity contribution in [1.29, 1.82) is 0 Å². The van der Waals surface area contributed by atoms with Gasteiger partial charge in [0.25, 0.3) is 0 Å². The summed E-state index contributed by atoms with van der Waals surface area (Å²) in [5, 5.41) is 0. The van der Waals surface area contributed by atoms with E-state index in [0.29, 0.717) is 18.7 Å². The van der Waals surface area contributed by atoms with Crippen molar-refractivity contribution < 1.29 is 12.8 Å². The summed E-state index contributed by atoms with van der Waals surface area (Å²) in [6.07, 6.45) is 0. The summed E-state index contributed by atoms with van der Waals surface area (Å²) < 4.78 is 36.6. The molecule has 0 amide bonds. The van der Waals surface area contributed by atoms with Crippen molar-refractivity contribution in [2.24, 2.45) is 0 Å². The maximum atomic E-state index is 13.7. The Morgan fingerprint density at radius 2 is 1.45 bits per heavy atom. The molecule has 148 valence electrons. The number of likely N-dealkylation sites (tertiary alicyclic amines) is 1. The molecule has 0 unspecified atom stereocenters. The average Bonchev–Trinajstić information content (AvgIpc) is 2.70. The molecule has 5 heteroatoms. The van der Waals surface area contributed by atoms with E-state index in [1.54, 1.807) is 12.1 Å². The van der Waals surface area contributed by atoms with Crippen LogP contribution in [0.25, 0.3) is 5.57 Å². The normalized spacial score (nSPS) is 14.2. The zero-order chi connectivity index (χ0) is 20.2. The van der Waals surface area contributed by atoms with Crippen LogP contribution in [0.5, 0.6) is 0 Å². The fourth-order valence-corrected chi connectivity index (χ4v) is 4.58. The Bertz CT molecular complexity index is 1040. The van der Waals surface area contributed by atoms with E-state index in [-0.39, 0.29) is 17.6 Å². The monoisotopic (exact) mass is 407 g/mol. The van der Waals surface area contributed by atoms with E-state index >= 15 is 0 Å². The quantitative estimate of drug-likeness (QED) is 0.619. The van der Waals surface area contributed by atoms with E-state index in [0.717, 1.165) is 11.1 Å². The number of rotatable bonds is 6. The van der Waals surface area contributed by atoms with Crippen LogP contribution >= 0.6 is 0 Å². The number of thiol groups is 1. The minimum absolute atomic E-state index is 0.0662. The minimum atomic E-state index is -2.59. The molecule has 0 saturated carbocycles. The van der Waals surface area contributed by atoms with Crippen molar-refractivity contribution in [3.05, 3.63) is 113 Å². The molecule has 1 aliphatic heterocycles. The Labute approximate surface area is 172 Å². The van der Waals surface area contributed by atoms with Crippen molar-refractivity contribution in [3.8, 4) is 0 Å². The van der Waals surface area contributed by atoms with Crippen LogP contribution in [0.4, 0.5) is 4.39 Å². The van der Waals surface area contributed by atoms with E-state index in [4.69, 9.17) is 0 Å².